The summed E-state index contributed by atoms with van der Waals surface area (Å²) in [6, 6.07) is 3.29. The predicted octanol–water partition coefficient (Wildman–Crippen LogP) is 5.43. The maximum atomic E-state index is 13.7. The molecule has 20 heavy (non-hydrogen) atoms. The van der Waals surface area contributed by atoms with Crippen molar-refractivity contribution in [1.29, 1.82) is 0 Å². The van der Waals surface area contributed by atoms with Crippen LogP contribution in [0.3, 0.4) is 0 Å². The highest BCUT2D eigenvalue weighted by atomic mass is 79.9. The van der Waals surface area contributed by atoms with Gasteiger partial charge in [0.1, 0.15) is 11.6 Å². The van der Waals surface area contributed by atoms with E-state index in [9.17, 15) is 4.39 Å². The molecule has 0 aliphatic heterocycles. The lowest BCUT2D eigenvalue weighted by Crippen LogP contribution is -2.13. The normalized spacial score (nSPS) is 18.4. The molecule has 0 N–H and O–H groups in total. The standard InChI is InChI=1S/C15H17BrClFN2/c1-3-15(4-5-15)8-20-13-6-10(16)11(18)7-12(13)19-14(20)9(2)17/h6-7,9H,3-5,8H2,1-2H3. The van der Waals surface area contributed by atoms with Gasteiger partial charge < -0.3 is 4.57 Å². The van der Waals surface area contributed by atoms with Crippen molar-refractivity contribution in [3.05, 3.63) is 28.2 Å². The number of hydrogen-bond donors (Lipinski definition) is 0. The minimum Gasteiger partial charge on any atom is -0.326 e. The quantitative estimate of drug-likeness (QED) is 0.666. The van der Waals surface area contributed by atoms with Crippen molar-refractivity contribution in [2.24, 2.45) is 5.41 Å². The highest BCUT2D eigenvalue weighted by Gasteiger charge is 2.41. The molecular formula is C15H17BrClFN2. The summed E-state index contributed by atoms with van der Waals surface area (Å²) in [6.45, 7) is 5.06. The zero-order valence-corrected chi connectivity index (χ0v) is 13.9. The molecule has 1 saturated carbocycles. The van der Waals surface area contributed by atoms with Crippen LogP contribution in [0.2, 0.25) is 0 Å². The van der Waals surface area contributed by atoms with Crippen LogP contribution in [0.4, 0.5) is 4.39 Å². The van der Waals surface area contributed by atoms with E-state index in [1.807, 2.05) is 13.0 Å². The molecule has 0 amide bonds. The molecular weight excluding hydrogens is 343 g/mol. The molecule has 108 valence electrons. The van der Waals surface area contributed by atoms with Crippen molar-refractivity contribution in [3.8, 4) is 0 Å². The van der Waals surface area contributed by atoms with Crippen LogP contribution in [0.1, 0.15) is 44.3 Å². The number of hydrogen-bond acceptors (Lipinski definition) is 1. The smallest absolute Gasteiger partial charge is 0.139 e. The van der Waals surface area contributed by atoms with Gasteiger partial charge >= 0.3 is 0 Å². The van der Waals surface area contributed by atoms with E-state index in [1.54, 1.807) is 0 Å². The Morgan fingerprint density at radius 1 is 1.50 bits per heavy atom. The van der Waals surface area contributed by atoms with Crippen molar-refractivity contribution >= 4 is 38.6 Å². The summed E-state index contributed by atoms with van der Waals surface area (Å²) in [5.74, 6) is 0.548. The molecule has 1 fully saturated rings. The summed E-state index contributed by atoms with van der Waals surface area (Å²) in [4.78, 5) is 4.53. The van der Waals surface area contributed by atoms with Crippen molar-refractivity contribution in [2.45, 2.75) is 45.0 Å². The molecule has 1 aromatic carbocycles. The lowest BCUT2D eigenvalue weighted by molar-refractivity contribution is 0.407. The van der Waals surface area contributed by atoms with Gasteiger partial charge in [-0.1, -0.05) is 6.92 Å². The Hall–Kier alpha value is -0.610. The summed E-state index contributed by atoms with van der Waals surface area (Å²) >= 11 is 9.52. The van der Waals surface area contributed by atoms with Crippen molar-refractivity contribution in [2.75, 3.05) is 0 Å². The summed E-state index contributed by atoms with van der Waals surface area (Å²) in [7, 11) is 0. The number of fused-ring (bicyclic) bond motifs is 1. The number of imidazole rings is 1. The molecule has 5 heteroatoms. The van der Waals surface area contributed by atoms with Crippen LogP contribution in [-0.4, -0.2) is 9.55 Å². The Labute approximate surface area is 131 Å². The molecule has 2 nitrogen and oxygen atoms in total. The van der Waals surface area contributed by atoms with Crippen LogP contribution in [0.15, 0.2) is 16.6 Å². The van der Waals surface area contributed by atoms with Crippen molar-refractivity contribution < 1.29 is 4.39 Å². The number of aromatic nitrogens is 2. The van der Waals surface area contributed by atoms with Gasteiger partial charge in [-0.25, -0.2) is 9.37 Å². The number of rotatable bonds is 4. The third-order valence-corrected chi connectivity index (χ3v) is 5.18. The van der Waals surface area contributed by atoms with Gasteiger partial charge in [-0.2, -0.15) is 0 Å². The van der Waals surface area contributed by atoms with Crippen LogP contribution in [-0.2, 0) is 6.54 Å². The maximum absolute atomic E-state index is 13.7. The van der Waals surface area contributed by atoms with Crippen LogP contribution in [0.25, 0.3) is 11.0 Å². The summed E-state index contributed by atoms with van der Waals surface area (Å²) in [5.41, 5.74) is 2.02. The minimum atomic E-state index is -0.285. The fourth-order valence-electron chi connectivity index (χ4n) is 2.74. The highest BCUT2D eigenvalue weighted by molar-refractivity contribution is 9.10. The van der Waals surface area contributed by atoms with Gasteiger partial charge in [0, 0.05) is 12.6 Å². The monoisotopic (exact) mass is 358 g/mol. The second-order valence-corrected chi connectivity index (χ2v) is 7.29. The molecule has 0 radical (unpaired) electrons. The van der Waals surface area contributed by atoms with Crippen LogP contribution in [0.5, 0.6) is 0 Å². The first-order valence-corrected chi connectivity index (χ1v) is 8.18. The average Bonchev–Trinajstić information content (AvgIpc) is 3.10. The van der Waals surface area contributed by atoms with Crippen LogP contribution < -0.4 is 0 Å². The summed E-state index contributed by atoms with van der Waals surface area (Å²) in [6.07, 6.45) is 3.66. The molecule has 0 bridgehead atoms. The van der Waals surface area contributed by atoms with Gasteiger partial charge in [0.25, 0.3) is 0 Å². The van der Waals surface area contributed by atoms with E-state index >= 15 is 0 Å². The minimum absolute atomic E-state index is 0.183. The van der Waals surface area contributed by atoms with E-state index < -0.39 is 0 Å². The SMILES string of the molecule is CCC1(Cn2c(C(C)Cl)nc3cc(F)c(Br)cc32)CC1. The zero-order valence-electron chi connectivity index (χ0n) is 11.6. The second kappa shape index (κ2) is 4.99. The van der Waals surface area contributed by atoms with E-state index in [2.05, 4.69) is 32.4 Å². The second-order valence-electron chi connectivity index (χ2n) is 5.78. The molecule has 1 atom stereocenters. The Kier molecular flexibility index (Phi) is 3.57. The van der Waals surface area contributed by atoms with E-state index in [1.165, 1.54) is 18.9 Å². The molecule has 1 aliphatic carbocycles. The molecule has 0 saturated heterocycles. The van der Waals surface area contributed by atoms with Crippen molar-refractivity contribution in [1.82, 2.24) is 9.55 Å². The van der Waals surface area contributed by atoms with E-state index in [0.717, 1.165) is 24.3 Å². The van der Waals surface area contributed by atoms with E-state index in [4.69, 9.17) is 11.6 Å². The number of halogens is 3. The molecule has 3 rings (SSSR count). The molecule has 1 heterocycles. The lowest BCUT2D eigenvalue weighted by Gasteiger charge is -2.17. The Balaban J connectivity index is 2.15. The highest BCUT2D eigenvalue weighted by Crippen LogP contribution is 2.50. The number of benzene rings is 1. The molecule has 1 aliphatic rings. The summed E-state index contributed by atoms with van der Waals surface area (Å²) in [5, 5.41) is -0.183. The fourth-order valence-corrected chi connectivity index (χ4v) is 3.24. The van der Waals surface area contributed by atoms with Gasteiger partial charge in [0.05, 0.1) is 20.9 Å². The molecule has 2 aromatic rings. The third kappa shape index (κ3) is 2.37. The van der Waals surface area contributed by atoms with Crippen LogP contribution >= 0.6 is 27.5 Å². The lowest BCUT2D eigenvalue weighted by atomic mass is 10.0. The zero-order chi connectivity index (χ0) is 14.5. The first-order valence-electron chi connectivity index (χ1n) is 6.95. The molecule has 1 unspecified atom stereocenters. The average molecular weight is 360 g/mol. The van der Waals surface area contributed by atoms with Gasteiger partial charge in [-0.05, 0) is 53.6 Å². The fraction of sp³-hybridized carbons (Fsp3) is 0.533. The van der Waals surface area contributed by atoms with Gasteiger partial charge in [-0.3, -0.25) is 0 Å². The van der Waals surface area contributed by atoms with Gasteiger partial charge in [0.15, 0.2) is 0 Å². The summed E-state index contributed by atoms with van der Waals surface area (Å²) < 4.78 is 16.3. The van der Waals surface area contributed by atoms with E-state index in [-0.39, 0.29) is 11.2 Å². The number of nitrogens with zero attached hydrogens (tertiary/aromatic N) is 2. The van der Waals surface area contributed by atoms with Gasteiger partial charge in [-0.15, -0.1) is 11.6 Å². The van der Waals surface area contributed by atoms with E-state index in [0.29, 0.717) is 15.4 Å². The third-order valence-electron chi connectivity index (χ3n) is 4.38. The maximum Gasteiger partial charge on any atom is 0.139 e. The van der Waals surface area contributed by atoms with Crippen molar-refractivity contribution in [3.63, 3.8) is 0 Å². The van der Waals surface area contributed by atoms with Gasteiger partial charge in [0.2, 0.25) is 0 Å². The first kappa shape index (κ1) is 14.3. The predicted molar refractivity (Wildman–Crippen MR) is 83.6 cm³/mol. The number of alkyl halides is 1. The largest absolute Gasteiger partial charge is 0.326 e. The first-order chi connectivity index (χ1) is 9.46. The Morgan fingerprint density at radius 3 is 2.75 bits per heavy atom. The Morgan fingerprint density at radius 2 is 2.20 bits per heavy atom. The topological polar surface area (TPSA) is 17.8 Å². The Bertz CT molecular complexity index is 661. The van der Waals surface area contributed by atoms with Crippen LogP contribution in [0, 0.1) is 11.2 Å². The molecule has 1 aromatic heterocycles. The molecule has 0 spiro atoms.